The Balaban J connectivity index is 1.66. The van der Waals surface area contributed by atoms with Crippen molar-refractivity contribution in [2.45, 2.75) is 31.9 Å². The quantitative estimate of drug-likeness (QED) is 0.752. The number of hydrogen-bond acceptors (Lipinski definition) is 5. The average Bonchev–Trinajstić information content (AvgIpc) is 3.21. The van der Waals surface area contributed by atoms with Gasteiger partial charge in [-0.1, -0.05) is 0 Å². The van der Waals surface area contributed by atoms with E-state index in [9.17, 15) is 22.8 Å². The number of benzene rings is 1. The molecule has 2 saturated heterocycles. The second kappa shape index (κ2) is 9.02. The number of ether oxygens (including phenoxy) is 1. The Kier molecular flexibility index (Phi) is 6.66. The minimum atomic E-state index is -4.47. The number of likely N-dealkylation sites (tertiary alicyclic amines) is 1. The number of halogens is 3. The van der Waals surface area contributed by atoms with Crippen LogP contribution in [0.15, 0.2) is 18.2 Å². The van der Waals surface area contributed by atoms with Gasteiger partial charge in [0.05, 0.1) is 36.5 Å². The Bertz CT molecular complexity index is 740. The fraction of sp³-hybridized carbons (Fsp3) is 0.600. The SMILES string of the molecule is COC(=O)C1CCN(CC(=O)Nc2cc(C(F)(F)F)ccc2N2CCCC2)CC1. The number of alkyl halides is 3. The molecule has 0 aromatic heterocycles. The minimum Gasteiger partial charge on any atom is -0.469 e. The van der Waals surface area contributed by atoms with Crippen molar-refractivity contribution in [1.29, 1.82) is 0 Å². The Labute approximate surface area is 168 Å². The number of hydrogen-bond donors (Lipinski definition) is 1. The van der Waals surface area contributed by atoms with E-state index in [2.05, 4.69) is 5.32 Å². The first-order valence-electron chi connectivity index (χ1n) is 9.84. The summed E-state index contributed by atoms with van der Waals surface area (Å²) in [6.07, 6.45) is -1.32. The highest BCUT2D eigenvalue weighted by molar-refractivity contribution is 5.96. The monoisotopic (exact) mass is 413 g/mol. The van der Waals surface area contributed by atoms with Crippen LogP contribution in [0.3, 0.4) is 0 Å². The standard InChI is InChI=1S/C20H26F3N3O3/c1-29-19(28)14-6-10-25(11-7-14)13-18(27)24-16-12-15(20(21,22)23)4-5-17(16)26-8-2-3-9-26/h4-5,12,14H,2-3,6-11,13H2,1H3,(H,24,27). The lowest BCUT2D eigenvalue weighted by molar-refractivity contribution is -0.147. The summed E-state index contributed by atoms with van der Waals surface area (Å²) in [5.41, 5.74) is 0.0269. The van der Waals surface area contributed by atoms with Gasteiger partial charge in [-0.2, -0.15) is 13.2 Å². The van der Waals surface area contributed by atoms with Gasteiger partial charge < -0.3 is 15.0 Å². The van der Waals surface area contributed by atoms with E-state index in [1.165, 1.54) is 13.2 Å². The molecule has 2 heterocycles. The molecule has 0 spiro atoms. The number of nitrogens with zero attached hydrogens (tertiary/aromatic N) is 2. The molecule has 29 heavy (non-hydrogen) atoms. The summed E-state index contributed by atoms with van der Waals surface area (Å²) < 4.78 is 44.2. The van der Waals surface area contributed by atoms with Crippen molar-refractivity contribution in [3.63, 3.8) is 0 Å². The normalized spacial score (nSPS) is 18.7. The highest BCUT2D eigenvalue weighted by Crippen LogP contribution is 2.36. The Morgan fingerprint density at radius 3 is 2.38 bits per heavy atom. The van der Waals surface area contributed by atoms with Crippen molar-refractivity contribution in [3.05, 3.63) is 23.8 Å². The fourth-order valence-electron chi connectivity index (χ4n) is 3.93. The summed E-state index contributed by atoms with van der Waals surface area (Å²) in [5, 5.41) is 2.68. The van der Waals surface area contributed by atoms with Crippen LogP contribution in [0.2, 0.25) is 0 Å². The van der Waals surface area contributed by atoms with Gasteiger partial charge in [0.1, 0.15) is 0 Å². The van der Waals surface area contributed by atoms with Gasteiger partial charge >= 0.3 is 12.1 Å². The van der Waals surface area contributed by atoms with Gasteiger partial charge in [0, 0.05) is 13.1 Å². The van der Waals surface area contributed by atoms with Gasteiger partial charge in [0.2, 0.25) is 5.91 Å². The van der Waals surface area contributed by atoms with E-state index in [-0.39, 0.29) is 30.0 Å². The fourth-order valence-corrected chi connectivity index (χ4v) is 3.93. The number of amides is 1. The summed E-state index contributed by atoms with van der Waals surface area (Å²) in [5.74, 6) is -0.765. The second-order valence-corrected chi connectivity index (χ2v) is 7.55. The maximum atomic E-state index is 13.1. The maximum absolute atomic E-state index is 13.1. The number of carbonyl (C=O) groups excluding carboxylic acids is 2. The molecule has 2 aliphatic rings. The molecule has 6 nitrogen and oxygen atoms in total. The van der Waals surface area contributed by atoms with Gasteiger partial charge in [-0.25, -0.2) is 0 Å². The van der Waals surface area contributed by atoms with E-state index < -0.39 is 11.7 Å². The zero-order valence-corrected chi connectivity index (χ0v) is 16.4. The third-order valence-corrected chi connectivity index (χ3v) is 5.53. The molecule has 0 atom stereocenters. The lowest BCUT2D eigenvalue weighted by Gasteiger charge is -2.30. The number of methoxy groups -OCH3 is 1. The van der Waals surface area contributed by atoms with Crippen LogP contribution in [0.4, 0.5) is 24.5 Å². The smallest absolute Gasteiger partial charge is 0.416 e. The van der Waals surface area contributed by atoms with Crippen LogP contribution >= 0.6 is 0 Å². The lowest BCUT2D eigenvalue weighted by Crippen LogP contribution is -2.41. The Hall–Kier alpha value is -2.29. The van der Waals surface area contributed by atoms with E-state index in [4.69, 9.17) is 4.74 Å². The lowest BCUT2D eigenvalue weighted by atomic mass is 9.97. The summed E-state index contributed by atoms with van der Waals surface area (Å²) in [6.45, 7) is 2.72. The third-order valence-electron chi connectivity index (χ3n) is 5.53. The van der Waals surface area contributed by atoms with Crippen LogP contribution in [0, 0.1) is 5.92 Å². The molecule has 1 N–H and O–H groups in total. The molecule has 1 aromatic rings. The molecule has 0 radical (unpaired) electrons. The Morgan fingerprint density at radius 1 is 1.14 bits per heavy atom. The molecule has 160 valence electrons. The van der Waals surface area contributed by atoms with Crippen molar-refractivity contribution in [2.75, 3.05) is 50.1 Å². The van der Waals surface area contributed by atoms with Crippen molar-refractivity contribution < 1.29 is 27.5 Å². The molecule has 0 unspecified atom stereocenters. The van der Waals surface area contributed by atoms with Crippen LogP contribution in [-0.4, -0.2) is 56.6 Å². The van der Waals surface area contributed by atoms with Gasteiger partial charge in [-0.05, 0) is 57.0 Å². The second-order valence-electron chi connectivity index (χ2n) is 7.55. The van der Waals surface area contributed by atoms with Crippen molar-refractivity contribution >= 4 is 23.3 Å². The van der Waals surface area contributed by atoms with Gasteiger partial charge in [0.25, 0.3) is 0 Å². The summed E-state index contributed by atoms with van der Waals surface area (Å²) in [7, 11) is 1.36. The van der Waals surface area contributed by atoms with Crippen molar-refractivity contribution in [1.82, 2.24) is 4.90 Å². The highest BCUT2D eigenvalue weighted by atomic mass is 19.4. The first-order valence-corrected chi connectivity index (χ1v) is 9.84. The van der Waals surface area contributed by atoms with E-state index in [0.29, 0.717) is 31.6 Å². The zero-order valence-electron chi connectivity index (χ0n) is 16.4. The summed E-state index contributed by atoms with van der Waals surface area (Å²) in [6, 6.07) is 3.50. The van der Waals surface area contributed by atoms with Crippen molar-refractivity contribution in [2.24, 2.45) is 5.92 Å². The molecule has 2 aliphatic heterocycles. The topological polar surface area (TPSA) is 61.9 Å². The van der Waals surface area contributed by atoms with Gasteiger partial charge in [-0.15, -0.1) is 0 Å². The number of esters is 1. The van der Waals surface area contributed by atoms with Crippen LogP contribution in [0.1, 0.15) is 31.2 Å². The first kappa shape index (κ1) is 21.4. The van der Waals surface area contributed by atoms with Crippen molar-refractivity contribution in [3.8, 4) is 0 Å². The molecule has 3 rings (SSSR count). The predicted molar refractivity (Wildman–Crippen MR) is 103 cm³/mol. The minimum absolute atomic E-state index is 0.0730. The zero-order chi connectivity index (χ0) is 21.0. The summed E-state index contributed by atoms with van der Waals surface area (Å²) in [4.78, 5) is 28.0. The number of nitrogens with one attached hydrogen (secondary N) is 1. The van der Waals surface area contributed by atoms with Crippen LogP contribution in [0.25, 0.3) is 0 Å². The molecule has 0 bridgehead atoms. The predicted octanol–water partition coefficient (Wildman–Crippen LogP) is 3.13. The van der Waals surface area contributed by atoms with Crippen LogP contribution in [-0.2, 0) is 20.5 Å². The Morgan fingerprint density at radius 2 is 1.79 bits per heavy atom. The molecular weight excluding hydrogens is 387 g/mol. The van der Waals surface area contributed by atoms with E-state index >= 15 is 0 Å². The number of carbonyl (C=O) groups is 2. The molecule has 1 aromatic carbocycles. The number of anilines is 2. The molecule has 9 heteroatoms. The number of piperidine rings is 1. The van der Waals surface area contributed by atoms with Crippen LogP contribution < -0.4 is 10.2 Å². The molecule has 0 saturated carbocycles. The van der Waals surface area contributed by atoms with E-state index in [0.717, 1.165) is 38.1 Å². The molecular formula is C20H26F3N3O3. The average molecular weight is 413 g/mol. The summed E-state index contributed by atoms with van der Waals surface area (Å²) >= 11 is 0. The maximum Gasteiger partial charge on any atom is 0.416 e. The molecule has 2 fully saturated rings. The van der Waals surface area contributed by atoms with Gasteiger partial charge in [0.15, 0.2) is 0 Å². The largest absolute Gasteiger partial charge is 0.469 e. The first-order chi connectivity index (χ1) is 13.8. The van der Waals surface area contributed by atoms with E-state index in [1.807, 2.05) is 9.80 Å². The third kappa shape index (κ3) is 5.41. The van der Waals surface area contributed by atoms with E-state index in [1.54, 1.807) is 0 Å². The van der Waals surface area contributed by atoms with Gasteiger partial charge in [-0.3, -0.25) is 14.5 Å². The molecule has 0 aliphatic carbocycles. The van der Waals surface area contributed by atoms with Crippen LogP contribution in [0.5, 0.6) is 0 Å². The highest BCUT2D eigenvalue weighted by Gasteiger charge is 2.32. The molecule has 1 amide bonds. The number of rotatable bonds is 5.